The predicted octanol–water partition coefficient (Wildman–Crippen LogP) is 0.808. The molecule has 0 spiro atoms. The Hall–Kier alpha value is 1.49. The van der Waals surface area contributed by atoms with E-state index in [2.05, 4.69) is 6.92 Å². The smallest absolute Gasteiger partial charge is 0.449 e. The summed E-state index contributed by atoms with van der Waals surface area (Å²) in [7, 11) is 0. The molecule has 1 aliphatic rings. The van der Waals surface area contributed by atoms with Crippen molar-refractivity contribution in [2.45, 2.75) is 44.8 Å². The predicted molar refractivity (Wildman–Crippen MR) is 45.1 cm³/mol. The molecule has 0 bridgehead atoms. The van der Waals surface area contributed by atoms with Gasteiger partial charge in [0.25, 0.3) is 0 Å². The topological polar surface area (TPSA) is 0 Å². The summed E-state index contributed by atoms with van der Waals surface area (Å²) < 4.78 is 36.7. The Balaban J connectivity index is 0.00000144. The molecule has 72 valence electrons. The average Bonchev–Trinajstić information content (AvgIpc) is 2.03. The summed E-state index contributed by atoms with van der Waals surface area (Å²) in [6.07, 6.45) is 3.35. The molecule has 0 aromatic heterocycles. The van der Waals surface area contributed by atoms with Crippen LogP contribution in [0.3, 0.4) is 0 Å². The van der Waals surface area contributed by atoms with Crippen LogP contribution < -0.4 is 51.4 Å². The summed E-state index contributed by atoms with van der Waals surface area (Å²) in [5, 5.41) is 0. The van der Waals surface area contributed by atoms with Gasteiger partial charge in [-0.2, -0.15) is 0 Å². The Labute approximate surface area is 121 Å². The third kappa shape index (κ3) is 4.69. The Bertz CT molecular complexity index is 141. The molecule has 0 heterocycles. The Morgan fingerprint density at radius 3 is 1.85 bits per heavy atom. The number of rotatable bonds is 2. The number of halogens is 3. The van der Waals surface area contributed by atoms with E-state index < -0.39 is 12.8 Å². The van der Waals surface area contributed by atoms with Crippen molar-refractivity contribution in [3.05, 3.63) is 0 Å². The molecule has 0 nitrogen and oxygen atoms in total. The van der Waals surface area contributed by atoms with E-state index in [1.54, 1.807) is 0 Å². The van der Waals surface area contributed by atoms with Gasteiger partial charge in [0.1, 0.15) is 0 Å². The summed E-state index contributed by atoms with van der Waals surface area (Å²) >= 11 is 0. The monoisotopic (exact) mass is 218 g/mol. The normalized spacial score (nSPS) is 29.5. The van der Waals surface area contributed by atoms with E-state index in [1.807, 2.05) is 0 Å². The van der Waals surface area contributed by atoms with Crippen LogP contribution in [0.2, 0.25) is 5.82 Å². The van der Waals surface area contributed by atoms with Crippen LogP contribution in [0.1, 0.15) is 39.0 Å². The largest absolute Gasteiger partial charge is 1.00 e. The van der Waals surface area contributed by atoms with Gasteiger partial charge < -0.3 is 12.9 Å². The van der Waals surface area contributed by atoms with E-state index in [9.17, 15) is 12.9 Å². The van der Waals surface area contributed by atoms with E-state index in [1.165, 1.54) is 0 Å². The van der Waals surface area contributed by atoms with Crippen LogP contribution in [-0.2, 0) is 0 Å². The SMILES string of the molecule is CCC1CCC([B-](F)(F)F)CC1.[K+]. The molecule has 0 saturated heterocycles. The fourth-order valence-corrected chi connectivity index (χ4v) is 1.97. The van der Waals surface area contributed by atoms with Crippen molar-refractivity contribution in [2.75, 3.05) is 0 Å². The van der Waals surface area contributed by atoms with E-state index in [0.717, 1.165) is 19.3 Å². The summed E-state index contributed by atoms with van der Waals surface area (Å²) in [4.78, 5) is 0. The minimum absolute atomic E-state index is 0. The van der Waals surface area contributed by atoms with Gasteiger partial charge in [0.05, 0.1) is 0 Å². The molecule has 0 amide bonds. The van der Waals surface area contributed by atoms with Crippen LogP contribution in [0, 0.1) is 5.92 Å². The molecule has 5 heteroatoms. The summed E-state index contributed by atoms with van der Waals surface area (Å²) in [6.45, 7) is -2.50. The van der Waals surface area contributed by atoms with Crippen molar-refractivity contribution in [1.82, 2.24) is 0 Å². The summed E-state index contributed by atoms with van der Waals surface area (Å²) in [5.74, 6) is -0.396. The fourth-order valence-electron chi connectivity index (χ4n) is 1.97. The van der Waals surface area contributed by atoms with Gasteiger partial charge in [0.15, 0.2) is 0 Å². The molecule has 0 radical (unpaired) electrons. The maximum Gasteiger partial charge on any atom is 1.00 e. The van der Waals surface area contributed by atoms with Crippen molar-refractivity contribution in [2.24, 2.45) is 5.92 Å². The molecule has 0 unspecified atom stereocenters. The second-order valence-electron chi connectivity index (χ2n) is 3.81. The summed E-state index contributed by atoms with van der Waals surface area (Å²) in [6, 6.07) is 0. The minimum atomic E-state index is -4.55. The quantitative estimate of drug-likeness (QED) is 0.601. The second-order valence-corrected chi connectivity index (χ2v) is 3.81. The zero-order valence-corrected chi connectivity index (χ0v) is 11.5. The van der Waals surface area contributed by atoms with Gasteiger partial charge in [0.2, 0.25) is 0 Å². The second kappa shape index (κ2) is 6.16. The van der Waals surface area contributed by atoms with Gasteiger partial charge in [-0.3, -0.25) is 0 Å². The van der Waals surface area contributed by atoms with Gasteiger partial charge >= 0.3 is 58.4 Å². The van der Waals surface area contributed by atoms with E-state index >= 15 is 0 Å². The van der Waals surface area contributed by atoms with Gasteiger partial charge in [-0.15, -0.1) is 0 Å². The van der Waals surface area contributed by atoms with Crippen LogP contribution in [0.5, 0.6) is 0 Å². The maximum atomic E-state index is 12.2. The molecule has 1 saturated carbocycles. The molecular weight excluding hydrogens is 203 g/mol. The van der Waals surface area contributed by atoms with Crippen molar-refractivity contribution in [3.63, 3.8) is 0 Å². The molecule has 1 fully saturated rings. The van der Waals surface area contributed by atoms with Crippen LogP contribution in [0.25, 0.3) is 0 Å². The van der Waals surface area contributed by atoms with E-state index in [-0.39, 0.29) is 51.4 Å². The molecular formula is C8H15BF3K. The standard InChI is InChI=1S/C8H15BF3.K/c1-2-7-3-5-8(6-4-7)9(10,11)12;/h7-8H,2-6H2,1H3;/q-1;+1. The first kappa shape index (κ1) is 14.5. The molecule has 0 aliphatic heterocycles. The third-order valence-corrected chi connectivity index (χ3v) is 3.00. The molecule has 0 aromatic carbocycles. The van der Waals surface area contributed by atoms with Crippen LogP contribution in [0.4, 0.5) is 12.9 Å². The Kier molecular flexibility index (Phi) is 6.86. The minimum Gasteiger partial charge on any atom is -0.449 e. The first-order valence-corrected chi connectivity index (χ1v) is 4.74. The molecule has 0 aromatic rings. The Morgan fingerprint density at radius 2 is 1.54 bits per heavy atom. The number of hydrogen-bond donors (Lipinski definition) is 0. The van der Waals surface area contributed by atoms with Crippen LogP contribution in [-0.4, -0.2) is 6.98 Å². The summed E-state index contributed by atoms with van der Waals surface area (Å²) in [5.41, 5.74) is 0. The van der Waals surface area contributed by atoms with Crippen LogP contribution >= 0.6 is 0 Å². The van der Waals surface area contributed by atoms with Gasteiger partial charge in [-0.25, -0.2) is 0 Å². The van der Waals surface area contributed by atoms with Gasteiger partial charge in [0, 0.05) is 0 Å². The third-order valence-electron chi connectivity index (χ3n) is 3.00. The van der Waals surface area contributed by atoms with Crippen molar-refractivity contribution in [1.29, 1.82) is 0 Å². The first-order valence-electron chi connectivity index (χ1n) is 4.74. The molecule has 0 N–H and O–H groups in total. The first-order chi connectivity index (χ1) is 5.54. The zero-order valence-electron chi connectivity index (χ0n) is 8.40. The zero-order chi connectivity index (χ0) is 9.19. The molecule has 1 aliphatic carbocycles. The van der Waals surface area contributed by atoms with Crippen molar-refractivity contribution in [3.8, 4) is 0 Å². The number of hydrogen-bond acceptors (Lipinski definition) is 0. The average molecular weight is 218 g/mol. The van der Waals surface area contributed by atoms with Gasteiger partial charge in [-0.1, -0.05) is 44.8 Å². The van der Waals surface area contributed by atoms with Crippen molar-refractivity contribution >= 4 is 6.98 Å². The van der Waals surface area contributed by atoms with Crippen molar-refractivity contribution < 1.29 is 64.3 Å². The fraction of sp³-hybridized carbons (Fsp3) is 1.00. The maximum absolute atomic E-state index is 12.2. The van der Waals surface area contributed by atoms with E-state index in [4.69, 9.17) is 0 Å². The van der Waals surface area contributed by atoms with E-state index in [0.29, 0.717) is 18.8 Å². The van der Waals surface area contributed by atoms with Gasteiger partial charge in [-0.05, 0) is 5.92 Å². The Morgan fingerprint density at radius 1 is 1.08 bits per heavy atom. The van der Waals surface area contributed by atoms with Crippen LogP contribution in [0.15, 0.2) is 0 Å². The molecule has 0 atom stereocenters. The molecule has 13 heavy (non-hydrogen) atoms. The molecule has 1 rings (SSSR count).